The average molecular weight is 459 g/mol. The molecule has 2 heterocycles. The number of rotatable bonds is 1. The van der Waals surface area contributed by atoms with Crippen molar-refractivity contribution in [2.24, 2.45) is 0 Å². The molecule has 0 aromatic rings. The van der Waals surface area contributed by atoms with E-state index in [9.17, 15) is 0 Å². The van der Waals surface area contributed by atoms with Gasteiger partial charge in [-0.3, -0.25) is 10.9 Å². The van der Waals surface area contributed by atoms with Gasteiger partial charge >= 0.3 is 0 Å². The molecule has 0 aliphatic carbocycles. The van der Waals surface area contributed by atoms with Crippen LogP contribution in [-0.4, -0.2) is 42.8 Å². The van der Waals surface area contributed by atoms with E-state index in [-0.39, 0.29) is 5.60 Å². The third kappa shape index (κ3) is 2.28. The summed E-state index contributed by atoms with van der Waals surface area (Å²) in [6.07, 6.45) is 1.06. The van der Waals surface area contributed by atoms with E-state index in [4.69, 9.17) is 4.74 Å². The zero-order valence-electron chi connectivity index (χ0n) is 9.73. The van der Waals surface area contributed by atoms with Crippen LogP contribution in [0.5, 0.6) is 0 Å². The molecular weight excluding hydrogens is 438 g/mol. The van der Waals surface area contributed by atoms with E-state index >= 15 is 0 Å². The van der Waals surface area contributed by atoms with Crippen LogP contribution >= 0.6 is 0 Å². The van der Waals surface area contributed by atoms with Gasteiger partial charge in [0.05, 0.1) is 0 Å². The van der Waals surface area contributed by atoms with Gasteiger partial charge in [-0.25, -0.2) is 0 Å². The molecule has 2 aliphatic heterocycles. The molecule has 1 radical (unpaired) electrons. The molecule has 0 atom stereocenters. The number of nitrogens with one attached hydrogen (secondary N) is 1. The molecule has 0 aromatic carbocycles. The van der Waals surface area contributed by atoms with E-state index in [1.807, 2.05) is 0 Å². The van der Waals surface area contributed by atoms with Crippen LogP contribution in [0.1, 0.15) is 27.2 Å². The monoisotopic (exact) mass is 459 g/mol. The van der Waals surface area contributed by atoms with E-state index in [1.54, 1.807) is 0 Å². The third-order valence-electron chi connectivity index (χ3n) is 3.31. The quantitative estimate of drug-likeness (QED) is 0.593. The SMILES string of the molecule is C[C-]1CCOC2(CN1)CN(C(C)C)C2.[Lr]. The average Bonchev–Trinajstić information content (AvgIpc) is 2.24. The maximum Gasteiger partial charge on any atom is 0.103 e. The van der Waals surface area contributed by atoms with E-state index in [1.165, 1.54) is 6.04 Å². The zero-order chi connectivity index (χ0) is 10.2. The number of nitrogens with zero attached hydrogens (tertiary/aromatic N) is 1. The van der Waals surface area contributed by atoms with Gasteiger partial charge < -0.3 is 10.1 Å². The van der Waals surface area contributed by atoms with Crippen molar-refractivity contribution in [3.8, 4) is 0 Å². The Hall–Kier alpha value is -1.12. The Morgan fingerprint density at radius 2 is 2.07 bits per heavy atom. The summed E-state index contributed by atoms with van der Waals surface area (Å²) < 4.78 is 5.95. The molecule has 4 heteroatoms. The first-order valence-corrected chi connectivity index (χ1v) is 5.56. The summed E-state index contributed by atoms with van der Waals surface area (Å²) in [4.78, 5) is 2.46. The molecule has 1 spiro atoms. The standard InChI is InChI=1S/C11H21N2O.Lr/c1-9(2)13-7-11(8-13)6-12-10(3)4-5-14-11;/h9,12H,4-8H2,1-3H3;/q-1;. The smallest absolute Gasteiger partial charge is 0.103 e. The van der Waals surface area contributed by atoms with Crippen LogP contribution < -0.4 is 5.32 Å². The first-order valence-electron chi connectivity index (χ1n) is 5.56. The van der Waals surface area contributed by atoms with Gasteiger partial charge in [-0.2, -0.15) is 6.92 Å². The summed E-state index contributed by atoms with van der Waals surface area (Å²) in [5.74, 6) is 0. The minimum absolute atomic E-state index is 0. The van der Waals surface area contributed by atoms with Gasteiger partial charge in [0.1, 0.15) is 5.60 Å². The molecule has 2 rings (SSSR count). The molecule has 0 aromatic heterocycles. The Labute approximate surface area is 86.8 Å². The van der Waals surface area contributed by atoms with E-state index in [0.29, 0.717) is 6.04 Å². The van der Waals surface area contributed by atoms with Crippen LogP contribution in [0.4, 0.5) is 0 Å². The summed E-state index contributed by atoms with van der Waals surface area (Å²) in [5, 5.41) is 3.46. The number of hydrogen-bond donors (Lipinski definition) is 1. The van der Waals surface area contributed by atoms with Crippen molar-refractivity contribution in [1.29, 1.82) is 0 Å². The van der Waals surface area contributed by atoms with Crippen LogP contribution in [0.2, 0.25) is 0 Å². The Balaban J connectivity index is 0.00000112. The molecule has 2 fully saturated rings. The van der Waals surface area contributed by atoms with Gasteiger partial charge in [-0.15, -0.1) is 6.42 Å². The topological polar surface area (TPSA) is 24.5 Å². The van der Waals surface area contributed by atoms with Crippen LogP contribution in [-0.2, 0) is 4.74 Å². The Kier molecular flexibility index (Phi) is 3.32. The van der Waals surface area contributed by atoms with Crippen molar-refractivity contribution in [2.45, 2.75) is 38.8 Å². The maximum absolute atomic E-state index is 5.95. The molecule has 0 saturated carbocycles. The first-order chi connectivity index (χ1) is 6.61. The molecule has 1 N–H and O–H groups in total. The fraction of sp³-hybridized carbons (Fsp3) is 0.909. The molecular formula is C11H21LrN2O-. The largest absolute Gasteiger partial charge is 0.465 e. The second kappa shape index (κ2) is 4.17. The third-order valence-corrected chi connectivity index (χ3v) is 3.31. The van der Waals surface area contributed by atoms with Crippen LogP contribution in [0.3, 0.4) is 0 Å². The predicted octanol–water partition coefficient (Wildman–Crippen LogP) is 1.01. The van der Waals surface area contributed by atoms with Crippen LogP contribution in [0, 0.1) is 6.04 Å². The van der Waals surface area contributed by atoms with Gasteiger partial charge in [0.2, 0.25) is 0 Å². The fourth-order valence-electron chi connectivity index (χ4n) is 2.13. The summed E-state index contributed by atoms with van der Waals surface area (Å²) in [5.41, 5.74) is 0.113. The van der Waals surface area contributed by atoms with E-state index < -0.39 is 0 Å². The molecule has 0 bridgehead atoms. The summed E-state index contributed by atoms with van der Waals surface area (Å²) in [7, 11) is 0. The summed E-state index contributed by atoms with van der Waals surface area (Å²) in [6, 6.07) is 2.02. The van der Waals surface area contributed by atoms with Crippen LogP contribution in [0.25, 0.3) is 0 Å². The van der Waals surface area contributed by atoms with Gasteiger partial charge in [0.15, 0.2) is 0 Å². The Morgan fingerprint density at radius 1 is 1.40 bits per heavy atom. The van der Waals surface area contributed by atoms with Crippen molar-refractivity contribution in [1.82, 2.24) is 10.2 Å². The molecule has 2 aliphatic rings. The molecule has 0 amide bonds. The number of hydrogen-bond acceptors (Lipinski definition) is 3. The zero-order valence-corrected chi connectivity index (χ0v) is 11.9. The second-order valence-electron chi connectivity index (χ2n) is 4.91. The van der Waals surface area contributed by atoms with Crippen molar-refractivity contribution >= 4 is 0 Å². The molecule has 15 heavy (non-hydrogen) atoms. The molecule has 3 nitrogen and oxygen atoms in total. The molecule has 0 unspecified atom stereocenters. The molecule has 2 saturated heterocycles. The predicted molar refractivity (Wildman–Crippen MR) is 56.9 cm³/mol. The minimum atomic E-state index is 0. The Bertz CT molecular complexity index is 205. The van der Waals surface area contributed by atoms with Gasteiger partial charge in [-0.05, 0) is 13.8 Å². The number of ether oxygens (including phenoxy) is 1. The summed E-state index contributed by atoms with van der Waals surface area (Å²) in [6.45, 7) is 10.7. The normalized spacial score (nSPS) is 27.2. The van der Waals surface area contributed by atoms with Gasteiger partial charge in [-0.1, -0.05) is 0 Å². The van der Waals surface area contributed by atoms with Crippen molar-refractivity contribution in [2.75, 3.05) is 26.2 Å². The van der Waals surface area contributed by atoms with Crippen molar-refractivity contribution in [3.05, 3.63) is 6.04 Å². The Morgan fingerprint density at radius 3 is 2.67 bits per heavy atom. The van der Waals surface area contributed by atoms with Gasteiger partial charge in [0.25, 0.3) is 0 Å². The van der Waals surface area contributed by atoms with E-state index in [0.717, 1.165) is 32.7 Å². The van der Waals surface area contributed by atoms with E-state index in [2.05, 4.69) is 31.0 Å². The minimum Gasteiger partial charge on any atom is -0.465 e. The number of likely N-dealkylation sites (tertiary alicyclic amines) is 1. The van der Waals surface area contributed by atoms with Crippen molar-refractivity contribution in [3.63, 3.8) is 0 Å². The van der Waals surface area contributed by atoms with Crippen LogP contribution in [0.15, 0.2) is 0 Å². The fourth-order valence-corrected chi connectivity index (χ4v) is 2.13. The second-order valence-corrected chi connectivity index (χ2v) is 4.91. The molecule has 97 valence electrons. The van der Waals surface area contributed by atoms with Crippen molar-refractivity contribution < 1.29 is 4.74 Å². The summed E-state index contributed by atoms with van der Waals surface area (Å²) >= 11 is 0. The maximum atomic E-state index is 5.95. The first kappa shape index (κ1) is 12.0. The van der Waals surface area contributed by atoms with Gasteiger partial charge in [0, 0.05) is 32.3 Å².